The van der Waals surface area contributed by atoms with Crippen LogP contribution in [0.4, 0.5) is 17.3 Å². The standard InChI is InChI=1S/C8H8BF4O/c1-5-6(9(11,12)13)3-4-7(14-2)8(5)10/h3-4H,1-2H3/q-1. The van der Waals surface area contributed by atoms with Gasteiger partial charge in [0, 0.05) is 0 Å². The molecule has 0 radical (unpaired) electrons. The van der Waals surface area contributed by atoms with Gasteiger partial charge in [0.15, 0.2) is 11.6 Å². The summed E-state index contributed by atoms with van der Waals surface area (Å²) in [5.74, 6) is -1.13. The van der Waals surface area contributed by atoms with Gasteiger partial charge in [0.05, 0.1) is 7.11 Å². The van der Waals surface area contributed by atoms with Crippen LogP contribution in [0.2, 0.25) is 0 Å². The van der Waals surface area contributed by atoms with E-state index in [2.05, 4.69) is 4.74 Å². The molecule has 14 heavy (non-hydrogen) atoms. The third kappa shape index (κ3) is 1.83. The number of methoxy groups -OCH3 is 1. The van der Waals surface area contributed by atoms with Crippen molar-refractivity contribution in [1.82, 2.24) is 0 Å². The summed E-state index contributed by atoms with van der Waals surface area (Å²) in [6.45, 7) is -4.08. The van der Waals surface area contributed by atoms with Crippen LogP contribution in [0.15, 0.2) is 12.1 Å². The summed E-state index contributed by atoms with van der Waals surface area (Å²) in [6.07, 6.45) is 0. The van der Waals surface area contributed by atoms with Crippen LogP contribution >= 0.6 is 0 Å². The summed E-state index contributed by atoms with van der Waals surface area (Å²) < 4.78 is 54.7. The lowest BCUT2D eigenvalue weighted by molar-refractivity contribution is 0.385. The first kappa shape index (κ1) is 10.9. The van der Waals surface area contributed by atoms with Crippen molar-refractivity contribution >= 4 is 12.4 Å². The first-order chi connectivity index (χ1) is 6.38. The van der Waals surface area contributed by atoms with Crippen LogP contribution in [0.5, 0.6) is 5.75 Å². The number of hydrogen-bond donors (Lipinski definition) is 0. The van der Waals surface area contributed by atoms with Crippen LogP contribution in [0.25, 0.3) is 0 Å². The van der Waals surface area contributed by atoms with E-state index in [0.29, 0.717) is 0 Å². The molecule has 0 atom stereocenters. The van der Waals surface area contributed by atoms with Gasteiger partial charge in [-0.1, -0.05) is 6.07 Å². The maximum Gasteiger partial charge on any atom is 0.509 e. The van der Waals surface area contributed by atoms with Gasteiger partial charge < -0.3 is 17.7 Å². The van der Waals surface area contributed by atoms with Crippen molar-refractivity contribution in [2.24, 2.45) is 0 Å². The molecule has 0 spiro atoms. The highest BCUT2D eigenvalue weighted by molar-refractivity contribution is 6.74. The Kier molecular flexibility index (Phi) is 2.73. The molecule has 6 heteroatoms. The molecule has 1 rings (SSSR count). The van der Waals surface area contributed by atoms with E-state index in [1.165, 1.54) is 7.11 Å². The summed E-state index contributed by atoms with van der Waals surface area (Å²) in [6, 6.07) is 1.81. The Morgan fingerprint density at radius 2 is 1.79 bits per heavy atom. The largest absolute Gasteiger partial charge is 0.509 e. The van der Waals surface area contributed by atoms with Gasteiger partial charge in [-0.2, -0.15) is 0 Å². The van der Waals surface area contributed by atoms with E-state index in [9.17, 15) is 17.3 Å². The minimum Gasteiger partial charge on any atom is -0.494 e. The smallest absolute Gasteiger partial charge is 0.494 e. The Bertz CT molecular complexity index is 348. The molecule has 0 aliphatic rings. The molecule has 0 aliphatic heterocycles. The molecule has 78 valence electrons. The Labute approximate surface area is 78.7 Å². The number of rotatable bonds is 2. The van der Waals surface area contributed by atoms with E-state index in [0.717, 1.165) is 19.1 Å². The normalized spacial score (nSPS) is 11.6. The van der Waals surface area contributed by atoms with E-state index in [4.69, 9.17) is 0 Å². The van der Waals surface area contributed by atoms with Crippen molar-refractivity contribution in [2.45, 2.75) is 6.92 Å². The van der Waals surface area contributed by atoms with E-state index in [-0.39, 0.29) is 5.75 Å². The zero-order valence-corrected chi connectivity index (χ0v) is 7.65. The fourth-order valence-corrected chi connectivity index (χ4v) is 1.19. The number of benzene rings is 1. The van der Waals surface area contributed by atoms with Crippen molar-refractivity contribution in [1.29, 1.82) is 0 Å². The lowest BCUT2D eigenvalue weighted by Crippen LogP contribution is -2.36. The van der Waals surface area contributed by atoms with Crippen LogP contribution in [-0.2, 0) is 0 Å². The third-order valence-electron chi connectivity index (χ3n) is 1.97. The zero-order valence-electron chi connectivity index (χ0n) is 7.65. The van der Waals surface area contributed by atoms with E-state index >= 15 is 0 Å². The minimum absolute atomic E-state index is 0.175. The van der Waals surface area contributed by atoms with Gasteiger partial charge in [-0.3, -0.25) is 0 Å². The third-order valence-corrected chi connectivity index (χ3v) is 1.97. The monoisotopic (exact) mass is 207 g/mol. The highest BCUT2D eigenvalue weighted by Gasteiger charge is 2.29. The molecular formula is C8H8BF4O-. The van der Waals surface area contributed by atoms with Crippen molar-refractivity contribution < 1.29 is 22.1 Å². The minimum atomic E-state index is -5.17. The number of halogens is 4. The second-order valence-corrected chi connectivity index (χ2v) is 2.87. The van der Waals surface area contributed by atoms with Gasteiger partial charge >= 0.3 is 6.98 Å². The van der Waals surface area contributed by atoms with E-state index < -0.39 is 23.8 Å². The Hall–Kier alpha value is -1.20. The highest BCUT2D eigenvalue weighted by Crippen LogP contribution is 2.21. The summed E-state index contributed by atoms with van der Waals surface area (Å²) in [5.41, 5.74) is -1.33. The van der Waals surface area contributed by atoms with Gasteiger partial charge in [-0.25, -0.2) is 4.39 Å². The van der Waals surface area contributed by atoms with Gasteiger partial charge in [-0.15, -0.1) is 5.46 Å². The van der Waals surface area contributed by atoms with E-state index in [1.807, 2.05) is 0 Å². The average Bonchev–Trinajstić information content (AvgIpc) is 2.07. The summed E-state index contributed by atoms with van der Waals surface area (Å²) in [4.78, 5) is 0. The van der Waals surface area contributed by atoms with Crippen LogP contribution in [0, 0.1) is 12.7 Å². The van der Waals surface area contributed by atoms with Gasteiger partial charge in [0.25, 0.3) is 0 Å². The van der Waals surface area contributed by atoms with Crippen molar-refractivity contribution in [3.05, 3.63) is 23.5 Å². The van der Waals surface area contributed by atoms with Gasteiger partial charge in [0.2, 0.25) is 0 Å². The first-order valence-corrected chi connectivity index (χ1v) is 3.91. The topological polar surface area (TPSA) is 9.23 Å². The predicted molar refractivity (Wildman–Crippen MR) is 46.4 cm³/mol. The first-order valence-electron chi connectivity index (χ1n) is 3.91. The summed E-state index contributed by atoms with van der Waals surface area (Å²) in [7, 11) is 1.20. The van der Waals surface area contributed by atoms with Crippen molar-refractivity contribution in [3.63, 3.8) is 0 Å². The lowest BCUT2D eigenvalue weighted by Gasteiger charge is -2.19. The average molecular weight is 207 g/mol. The molecule has 1 aromatic carbocycles. The number of ether oxygens (including phenoxy) is 1. The summed E-state index contributed by atoms with van der Waals surface area (Å²) in [5, 5.41) is 0. The molecular weight excluding hydrogens is 199 g/mol. The van der Waals surface area contributed by atoms with Crippen LogP contribution in [0.1, 0.15) is 5.56 Å². The van der Waals surface area contributed by atoms with Gasteiger partial charge in [-0.05, 0) is 18.6 Å². The van der Waals surface area contributed by atoms with Crippen LogP contribution < -0.4 is 10.2 Å². The maximum absolute atomic E-state index is 13.2. The molecule has 0 amide bonds. The molecule has 0 N–H and O–H groups in total. The molecule has 0 saturated heterocycles. The second-order valence-electron chi connectivity index (χ2n) is 2.87. The molecule has 0 bridgehead atoms. The van der Waals surface area contributed by atoms with E-state index in [1.54, 1.807) is 0 Å². The summed E-state index contributed by atoms with van der Waals surface area (Å²) >= 11 is 0. The Morgan fingerprint density at radius 3 is 2.21 bits per heavy atom. The van der Waals surface area contributed by atoms with Crippen LogP contribution in [0.3, 0.4) is 0 Å². The Morgan fingerprint density at radius 1 is 1.21 bits per heavy atom. The van der Waals surface area contributed by atoms with Crippen molar-refractivity contribution in [2.75, 3.05) is 7.11 Å². The molecule has 0 saturated carbocycles. The second kappa shape index (κ2) is 3.51. The van der Waals surface area contributed by atoms with Crippen molar-refractivity contribution in [3.8, 4) is 5.75 Å². The fourth-order valence-electron chi connectivity index (χ4n) is 1.19. The fraction of sp³-hybridized carbons (Fsp3) is 0.250. The zero-order chi connectivity index (χ0) is 10.9. The molecule has 0 fully saturated rings. The lowest BCUT2D eigenvalue weighted by atomic mass is 9.77. The molecule has 0 unspecified atom stereocenters. The maximum atomic E-state index is 13.2. The quantitative estimate of drug-likeness (QED) is 0.533. The molecule has 0 heterocycles. The molecule has 1 nitrogen and oxygen atoms in total. The van der Waals surface area contributed by atoms with Gasteiger partial charge in [0.1, 0.15) is 0 Å². The molecule has 1 aromatic rings. The van der Waals surface area contributed by atoms with Crippen LogP contribution in [-0.4, -0.2) is 14.1 Å². The number of hydrogen-bond acceptors (Lipinski definition) is 1. The molecule has 0 aliphatic carbocycles. The highest BCUT2D eigenvalue weighted by atomic mass is 19.4. The molecule has 0 aromatic heterocycles. The predicted octanol–water partition coefficient (Wildman–Crippen LogP) is 2.20. The Balaban J connectivity index is 3.31. The SMILES string of the molecule is COc1ccc([B-](F)(F)F)c(C)c1F.